The Hall–Kier alpha value is -2.37. The Kier molecular flexibility index (Phi) is 2.33. The summed E-state index contributed by atoms with van der Waals surface area (Å²) in [6.07, 6.45) is 3.57. The van der Waals surface area contributed by atoms with Gasteiger partial charge in [-0.05, 0) is 25.0 Å². The van der Waals surface area contributed by atoms with Crippen molar-refractivity contribution in [1.82, 2.24) is 19.6 Å². The van der Waals surface area contributed by atoms with Gasteiger partial charge in [-0.3, -0.25) is 0 Å². The van der Waals surface area contributed by atoms with Crippen LogP contribution < -0.4 is 10.5 Å². The summed E-state index contributed by atoms with van der Waals surface area (Å²) < 4.78 is 6.98. The van der Waals surface area contributed by atoms with E-state index < -0.39 is 0 Å². The topological polar surface area (TPSA) is 78.3 Å². The highest BCUT2D eigenvalue weighted by Gasteiger charge is 2.25. The molecule has 0 saturated heterocycles. The first kappa shape index (κ1) is 11.5. The van der Waals surface area contributed by atoms with Gasteiger partial charge in [0.25, 0.3) is 0 Å². The van der Waals surface area contributed by atoms with Crippen molar-refractivity contribution >= 4 is 22.5 Å². The average Bonchev–Trinajstić information content (AvgIpc) is 2.81. The molecule has 102 valence electrons. The molecule has 0 aliphatic heterocycles. The second-order valence-corrected chi connectivity index (χ2v) is 5.16. The monoisotopic (exact) mass is 269 g/mol. The minimum absolute atomic E-state index is 0.343. The summed E-state index contributed by atoms with van der Waals surface area (Å²) in [5.74, 6) is 2.38. The summed E-state index contributed by atoms with van der Waals surface area (Å²) in [4.78, 5) is 9.08. The first-order valence-corrected chi connectivity index (χ1v) is 6.77. The van der Waals surface area contributed by atoms with Gasteiger partial charge in [-0.15, -0.1) is 5.10 Å². The zero-order valence-corrected chi connectivity index (χ0v) is 11.2. The van der Waals surface area contributed by atoms with E-state index in [0.29, 0.717) is 17.6 Å². The Morgan fingerprint density at radius 2 is 2.15 bits per heavy atom. The predicted molar refractivity (Wildman–Crippen MR) is 75.8 cm³/mol. The number of benzene rings is 1. The van der Waals surface area contributed by atoms with Crippen LogP contribution >= 0.6 is 0 Å². The molecule has 1 aliphatic carbocycles. The van der Waals surface area contributed by atoms with Gasteiger partial charge in [0, 0.05) is 11.3 Å². The van der Waals surface area contributed by atoms with Gasteiger partial charge in [0.05, 0.1) is 7.11 Å². The summed E-state index contributed by atoms with van der Waals surface area (Å²) >= 11 is 0. The number of nitrogens with zero attached hydrogens (tertiary/aromatic N) is 4. The minimum atomic E-state index is 0.343. The molecule has 1 saturated carbocycles. The first-order valence-electron chi connectivity index (χ1n) is 6.77. The van der Waals surface area contributed by atoms with Crippen molar-refractivity contribution in [2.45, 2.75) is 25.2 Å². The summed E-state index contributed by atoms with van der Waals surface area (Å²) in [5, 5.41) is 5.43. The third-order valence-corrected chi connectivity index (χ3v) is 4.00. The lowest BCUT2D eigenvalue weighted by atomic mass is 9.85. The zero-order valence-electron chi connectivity index (χ0n) is 11.2. The molecule has 4 rings (SSSR count). The van der Waals surface area contributed by atoms with Crippen molar-refractivity contribution in [3.05, 3.63) is 24.0 Å². The lowest BCUT2D eigenvalue weighted by molar-refractivity contribution is 0.402. The number of rotatable bonds is 2. The molecule has 0 unspecified atom stereocenters. The molecule has 6 nitrogen and oxygen atoms in total. The minimum Gasteiger partial charge on any atom is -0.494 e. The van der Waals surface area contributed by atoms with E-state index in [1.807, 2.05) is 18.2 Å². The number of hydrogen-bond acceptors (Lipinski definition) is 5. The maximum Gasteiger partial charge on any atom is 0.223 e. The Bertz CT molecular complexity index is 806. The third kappa shape index (κ3) is 1.47. The lowest BCUT2D eigenvalue weighted by Crippen LogP contribution is -2.10. The van der Waals surface area contributed by atoms with Gasteiger partial charge >= 0.3 is 0 Å². The highest BCUT2D eigenvalue weighted by molar-refractivity contribution is 5.95. The molecule has 6 heteroatoms. The Morgan fingerprint density at radius 3 is 2.85 bits per heavy atom. The predicted octanol–water partition coefficient (Wildman–Crippen LogP) is 2.14. The van der Waals surface area contributed by atoms with E-state index in [9.17, 15) is 0 Å². The smallest absolute Gasteiger partial charge is 0.223 e. The Labute approximate surface area is 115 Å². The van der Waals surface area contributed by atoms with Crippen LogP contribution in [-0.4, -0.2) is 26.7 Å². The van der Waals surface area contributed by atoms with Gasteiger partial charge < -0.3 is 10.5 Å². The van der Waals surface area contributed by atoms with Gasteiger partial charge in [0.2, 0.25) is 5.95 Å². The molecule has 2 N–H and O–H groups in total. The number of nitrogens with two attached hydrogens (primary N) is 1. The van der Waals surface area contributed by atoms with Gasteiger partial charge in [-0.1, -0.05) is 12.5 Å². The molecule has 0 amide bonds. The van der Waals surface area contributed by atoms with Crippen molar-refractivity contribution in [2.24, 2.45) is 0 Å². The van der Waals surface area contributed by atoms with Gasteiger partial charge in [-0.25, -0.2) is 9.97 Å². The molecule has 1 aromatic carbocycles. The van der Waals surface area contributed by atoms with E-state index >= 15 is 0 Å². The summed E-state index contributed by atoms with van der Waals surface area (Å²) in [6.45, 7) is 0. The maximum atomic E-state index is 6.01. The number of ether oxygens (including phenoxy) is 1. The second-order valence-electron chi connectivity index (χ2n) is 5.16. The molecule has 2 heterocycles. The summed E-state index contributed by atoms with van der Waals surface area (Å²) in [6, 6.07) is 5.77. The van der Waals surface area contributed by atoms with Crippen LogP contribution in [-0.2, 0) is 0 Å². The van der Waals surface area contributed by atoms with Crippen molar-refractivity contribution in [2.75, 3.05) is 12.8 Å². The fourth-order valence-electron chi connectivity index (χ4n) is 2.65. The summed E-state index contributed by atoms with van der Waals surface area (Å²) in [7, 11) is 1.63. The van der Waals surface area contributed by atoms with Crippen LogP contribution in [0.15, 0.2) is 18.2 Å². The van der Waals surface area contributed by atoms with Crippen molar-refractivity contribution in [1.29, 1.82) is 0 Å². The van der Waals surface area contributed by atoms with Crippen LogP contribution in [0.5, 0.6) is 5.75 Å². The van der Waals surface area contributed by atoms with Crippen LogP contribution in [0.1, 0.15) is 31.0 Å². The molecule has 3 aromatic rings. The molecule has 0 spiro atoms. The highest BCUT2D eigenvalue weighted by Crippen LogP contribution is 2.35. The molecule has 1 fully saturated rings. The summed E-state index contributed by atoms with van der Waals surface area (Å²) in [5.41, 5.74) is 7.50. The first-order chi connectivity index (χ1) is 9.78. The Morgan fingerprint density at radius 1 is 1.30 bits per heavy atom. The third-order valence-electron chi connectivity index (χ3n) is 4.00. The molecular formula is C14H15N5O. The molecule has 0 bridgehead atoms. The fourth-order valence-corrected chi connectivity index (χ4v) is 2.65. The van der Waals surface area contributed by atoms with Crippen LogP contribution in [0.4, 0.5) is 5.95 Å². The average molecular weight is 269 g/mol. The number of fused-ring (bicyclic) bond motifs is 3. The van der Waals surface area contributed by atoms with E-state index in [0.717, 1.165) is 35.2 Å². The number of nitrogen functional groups attached to an aromatic ring is 1. The van der Waals surface area contributed by atoms with Gasteiger partial charge in [0.1, 0.15) is 11.3 Å². The van der Waals surface area contributed by atoms with E-state index in [1.165, 1.54) is 6.42 Å². The number of aromatic nitrogens is 4. The van der Waals surface area contributed by atoms with E-state index in [4.69, 9.17) is 10.5 Å². The molecule has 0 radical (unpaired) electrons. The largest absolute Gasteiger partial charge is 0.494 e. The molecule has 1 aliphatic rings. The Balaban J connectivity index is 2.05. The zero-order chi connectivity index (χ0) is 13.7. The SMILES string of the molecule is COc1cccc2c1nc(N)n1nc(C3CCC3)nc21. The molecule has 0 atom stereocenters. The van der Waals surface area contributed by atoms with Crippen LogP contribution in [0.2, 0.25) is 0 Å². The van der Waals surface area contributed by atoms with Crippen molar-refractivity contribution in [3.8, 4) is 5.75 Å². The van der Waals surface area contributed by atoms with Crippen LogP contribution in [0, 0.1) is 0 Å². The van der Waals surface area contributed by atoms with Gasteiger partial charge in [0.15, 0.2) is 11.5 Å². The number of para-hydroxylation sites is 1. The number of anilines is 1. The number of hydrogen-bond donors (Lipinski definition) is 1. The van der Waals surface area contributed by atoms with E-state index in [2.05, 4.69) is 15.1 Å². The molecule has 2 aromatic heterocycles. The van der Waals surface area contributed by atoms with E-state index in [1.54, 1.807) is 11.6 Å². The quantitative estimate of drug-likeness (QED) is 0.771. The van der Waals surface area contributed by atoms with E-state index in [-0.39, 0.29) is 0 Å². The van der Waals surface area contributed by atoms with Crippen LogP contribution in [0.25, 0.3) is 16.6 Å². The lowest BCUT2D eigenvalue weighted by Gasteiger charge is -2.21. The van der Waals surface area contributed by atoms with Crippen molar-refractivity contribution in [3.63, 3.8) is 0 Å². The maximum absolute atomic E-state index is 6.01. The highest BCUT2D eigenvalue weighted by atomic mass is 16.5. The second kappa shape index (κ2) is 4.06. The van der Waals surface area contributed by atoms with Gasteiger partial charge in [-0.2, -0.15) is 4.52 Å². The fraction of sp³-hybridized carbons (Fsp3) is 0.357. The van der Waals surface area contributed by atoms with Crippen LogP contribution in [0.3, 0.4) is 0 Å². The molecular weight excluding hydrogens is 254 g/mol. The normalized spacial score (nSPS) is 15.7. The number of methoxy groups -OCH3 is 1. The molecule has 20 heavy (non-hydrogen) atoms. The standard InChI is InChI=1S/C14H15N5O/c1-20-10-7-3-6-9-11(10)16-14(15)19-13(9)17-12(18-19)8-4-2-5-8/h3,6-8H,2,4-5H2,1H3,(H2,15,16). The van der Waals surface area contributed by atoms with Crippen molar-refractivity contribution < 1.29 is 4.74 Å².